The molecule has 0 aliphatic carbocycles. The van der Waals surface area contributed by atoms with Crippen molar-refractivity contribution in [2.24, 2.45) is 5.10 Å². The molecule has 9 heteroatoms. The first-order chi connectivity index (χ1) is 13.5. The molecule has 0 radical (unpaired) electrons. The van der Waals surface area contributed by atoms with Gasteiger partial charge in [-0.15, -0.1) is 0 Å². The highest BCUT2D eigenvalue weighted by Gasteiger charge is 2.13. The third-order valence-corrected chi connectivity index (χ3v) is 3.89. The summed E-state index contributed by atoms with van der Waals surface area (Å²) < 4.78 is 16.2. The summed E-state index contributed by atoms with van der Waals surface area (Å²) in [6.45, 7) is 1.76. The van der Waals surface area contributed by atoms with Gasteiger partial charge < -0.3 is 19.5 Å². The molecule has 148 valence electrons. The average molecular weight is 450 g/mol. The van der Waals surface area contributed by atoms with Crippen molar-refractivity contribution in [3.63, 3.8) is 0 Å². The van der Waals surface area contributed by atoms with Crippen molar-refractivity contribution in [3.8, 4) is 11.5 Å². The molecule has 0 saturated carbocycles. The van der Waals surface area contributed by atoms with E-state index >= 15 is 0 Å². The molecule has 0 spiro atoms. The van der Waals surface area contributed by atoms with E-state index in [1.54, 1.807) is 31.2 Å². The number of hydrogen-bond acceptors (Lipinski definition) is 6. The number of carbonyl (C=O) groups is 2. The Balaban J connectivity index is 1.99. The van der Waals surface area contributed by atoms with Gasteiger partial charge in [0.1, 0.15) is 0 Å². The van der Waals surface area contributed by atoms with Crippen LogP contribution in [0.4, 0.5) is 10.5 Å². The summed E-state index contributed by atoms with van der Waals surface area (Å²) in [6, 6.07) is 11.9. The Morgan fingerprint density at radius 2 is 1.96 bits per heavy atom. The molecule has 8 nitrogen and oxygen atoms in total. The Kier molecular flexibility index (Phi) is 8.29. The van der Waals surface area contributed by atoms with E-state index in [-0.39, 0.29) is 13.2 Å². The first kappa shape index (κ1) is 21.2. The van der Waals surface area contributed by atoms with E-state index in [1.807, 2.05) is 18.2 Å². The number of anilines is 1. The minimum absolute atomic E-state index is 0.239. The average Bonchev–Trinajstić information content (AvgIpc) is 2.67. The van der Waals surface area contributed by atoms with Gasteiger partial charge in [-0.25, -0.2) is 15.0 Å². The largest absolute Gasteiger partial charge is 0.493 e. The van der Waals surface area contributed by atoms with Gasteiger partial charge in [-0.3, -0.25) is 0 Å². The van der Waals surface area contributed by atoms with Gasteiger partial charge in [-0.2, -0.15) is 5.10 Å². The molecule has 2 aromatic rings. The standard InChI is InChI=1S/C19H20BrN3O5/c1-3-27-17(24)12-28-18-15(20)9-13(10-16(18)26-2)11-21-23-19(25)22-14-7-5-4-6-8-14/h4-11H,3,12H2,1-2H3,(H2,22,23,25)/b21-11-. The molecule has 0 heterocycles. The van der Waals surface area contributed by atoms with Gasteiger partial charge in [0, 0.05) is 5.69 Å². The van der Waals surface area contributed by atoms with Gasteiger partial charge in [-0.05, 0) is 52.7 Å². The van der Waals surface area contributed by atoms with Crippen LogP contribution in [0, 0.1) is 0 Å². The molecule has 2 N–H and O–H groups in total. The number of carbonyl (C=O) groups excluding carboxylic acids is 2. The normalized spacial score (nSPS) is 10.4. The molecule has 0 aliphatic rings. The first-order valence-corrected chi connectivity index (χ1v) is 9.13. The van der Waals surface area contributed by atoms with E-state index < -0.39 is 12.0 Å². The Morgan fingerprint density at radius 3 is 2.64 bits per heavy atom. The fourth-order valence-corrected chi connectivity index (χ4v) is 2.71. The van der Waals surface area contributed by atoms with Crippen LogP contribution in [0.25, 0.3) is 0 Å². The van der Waals surface area contributed by atoms with Gasteiger partial charge in [0.25, 0.3) is 0 Å². The Hall–Kier alpha value is -3.07. The first-order valence-electron chi connectivity index (χ1n) is 8.34. The van der Waals surface area contributed by atoms with Crippen molar-refractivity contribution >= 4 is 39.8 Å². The molecule has 0 saturated heterocycles. The Morgan fingerprint density at radius 1 is 1.21 bits per heavy atom. The highest BCUT2D eigenvalue weighted by molar-refractivity contribution is 9.10. The van der Waals surface area contributed by atoms with Crippen molar-refractivity contribution in [3.05, 3.63) is 52.5 Å². The lowest BCUT2D eigenvalue weighted by Gasteiger charge is -2.13. The minimum Gasteiger partial charge on any atom is -0.493 e. The fraction of sp³-hybridized carbons (Fsp3) is 0.211. The Labute approximate surface area is 171 Å². The van der Waals surface area contributed by atoms with Gasteiger partial charge in [0.05, 0.1) is 24.4 Å². The van der Waals surface area contributed by atoms with E-state index in [1.165, 1.54) is 13.3 Å². The summed E-state index contributed by atoms with van der Waals surface area (Å²) >= 11 is 3.37. The Bertz CT molecular complexity index is 843. The summed E-state index contributed by atoms with van der Waals surface area (Å²) in [5.74, 6) is 0.284. The van der Waals surface area contributed by atoms with Gasteiger partial charge in [0.15, 0.2) is 18.1 Å². The van der Waals surface area contributed by atoms with Crippen molar-refractivity contribution in [2.75, 3.05) is 25.6 Å². The number of methoxy groups -OCH3 is 1. The lowest BCUT2D eigenvalue weighted by atomic mass is 10.2. The molecule has 2 aromatic carbocycles. The summed E-state index contributed by atoms with van der Waals surface area (Å²) in [4.78, 5) is 23.3. The second-order valence-electron chi connectivity index (χ2n) is 5.32. The zero-order valence-corrected chi connectivity index (χ0v) is 17.0. The van der Waals surface area contributed by atoms with E-state index in [0.717, 1.165) is 0 Å². The summed E-state index contributed by atoms with van der Waals surface area (Å²) in [6.07, 6.45) is 1.45. The van der Waals surface area contributed by atoms with Crippen LogP contribution in [0.2, 0.25) is 0 Å². The molecule has 28 heavy (non-hydrogen) atoms. The van der Waals surface area contributed by atoms with Crippen molar-refractivity contribution < 1.29 is 23.8 Å². The topological polar surface area (TPSA) is 98.3 Å². The molecule has 0 bridgehead atoms. The van der Waals surface area contributed by atoms with Crippen LogP contribution in [-0.2, 0) is 9.53 Å². The van der Waals surface area contributed by atoms with Crippen LogP contribution < -0.4 is 20.2 Å². The lowest BCUT2D eigenvalue weighted by Crippen LogP contribution is -2.24. The lowest BCUT2D eigenvalue weighted by molar-refractivity contribution is -0.145. The van der Waals surface area contributed by atoms with Crippen LogP contribution in [0.1, 0.15) is 12.5 Å². The third-order valence-electron chi connectivity index (χ3n) is 3.30. The van der Waals surface area contributed by atoms with Crippen LogP contribution in [0.3, 0.4) is 0 Å². The van der Waals surface area contributed by atoms with E-state index in [4.69, 9.17) is 14.2 Å². The number of nitrogens with zero attached hydrogens (tertiary/aromatic N) is 1. The molecule has 0 aromatic heterocycles. The third kappa shape index (κ3) is 6.58. The molecule has 0 aliphatic heterocycles. The van der Waals surface area contributed by atoms with Gasteiger partial charge in [0.2, 0.25) is 0 Å². The second-order valence-corrected chi connectivity index (χ2v) is 6.17. The fourth-order valence-electron chi connectivity index (χ4n) is 2.13. The van der Waals surface area contributed by atoms with E-state index in [0.29, 0.717) is 27.2 Å². The number of hydrogen-bond donors (Lipinski definition) is 2. The number of esters is 1. The van der Waals surface area contributed by atoms with Gasteiger partial charge in [-0.1, -0.05) is 18.2 Å². The van der Waals surface area contributed by atoms with E-state index in [2.05, 4.69) is 31.8 Å². The molecule has 0 fully saturated rings. The summed E-state index contributed by atoms with van der Waals surface area (Å²) in [5, 5.41) is 6.55. The zero-order valence-electron chi connectivity index (χ0n) is 15.4. The van der Waals surface area contributed by atoms with Crippen molar-refractivity contribution in [2.45, 2.75) is 6.92 Å². The maximum absolute atomic E-state index is 11.8. The van der Waals surface area contributed by atoms with Crippen LogP contribution >= 0.6 is 15.9 Å². The van der Waals surface area contributed by atoms with Crippen molar-refractivity contribution in [1.29, 1.82) is 0 Å². The van der Waals surface area contributed by atoms with Crippen molar-refractivity contribution in [1.82, 2.24) is 5.43 Å². The second kappa shape index (κ2) is 10.9. The number of nitrogens with one attached hydrogen (secondary N) is 2. The summed E-state index contributed by atoms with van der Waals surface area (Å²) in [5.41, 5.74) is 3.68. The van der Waals surface area contributed by atoms with Gasteiger partial charge >= 0.3 is 12.0 Å². The van der Waals surface area contributed by atoms with Crippen LogP contribution in [0.5, 0.6) is 11.5 Å². The molecule has 0 unspecified atom stereocenters. The molecule has 2 amide bonds. The summed E-state index contributed by atoms with van der Waals surface area (Å²) in [7, 11) is 1.48. The number of para-hydroxylation sites is 1. The number of halogens is 1. The molecular weight excluding hydrogens is 430 g/mol. The quantitative estimate of drug-likeness (QED) is 0.364. The predicted octanol–water partition coefficient (Wildman–Crippen LogP) is 3.56. The highest BCUT2D eigenvalue weighted by atomic mass is 79.9. The zero-order chi connectivity index (χ0) is 20.4. The molecule has 2 rings (SSSR count). The number of hydrazone groups is 1. The number of amides is 2. The monoisotopic (exact) mass is 449 g/mol. The maximum atomic E-state index is 11.8. The number of ether oxygens (including phenoxy) is 3. The molecule has 0 atom stereocenters. The van der Waals surface area contributed by atoms with E-state index in [9.17, 15) is 9.59 Å². The smallest absolute Gasteiger partial charge is 0.344 e. The number of rotatable bonds is 8. The number of urea groups is 1. The van der Waals surface area contributed by atoms with Crippen LogP contribution in [-0.4, -0.2) is 38.5 Å². The SMILES string of the molecule is CCOC(=O)COc1c(Br)cc(/C=N\NC(=O)Nc2ccccc2)cc1OC. The number of benzene rings is 2. The highest BCUT2D eigenvalue weighted by Crippen LogP contribution is 2.36. The maximum Gasteiger partial charge on any atom is 0.344 e. The minimum atomic E-state index is -0.476. The predicted molar refractivity (Wildman–Crippen MR) is 109 cm³/mol. The van der Waals surface area contributed by atoms with Crippen LogP contribution in [0.15, 0.2) is 52.0 Å². The molecular formula is C19H20BrN3O5.